The Hall–Kier alpha value is -0.393. The molecule has 112 valence electrons. The molecule has 22 heavy (non-hydrogen) atoms. The SMILES string of the molecule is CCC[NH-].CCC[NH-].[Zn+2].[Zn+2].[c-]1ccccc1.[c-]1ccccc1. The smallest absolute Gasteiger partial charge is 0.677 e. The van der Waals surface area contributed by atoms with Gasteiger partial charge in [-0.1, -0.05) is 26.7 Å². The third-order valence-corrected chi connectivity index (χ3v) is 1.71. The number of hydrogen-bond donors (Lipinski definition) is 0. The van der Waals surface area contributed by atoms with E-state index in [-0.39, 0.29) is 39.0 Å². The van der Waals surface area contributed by atoms with Gasteiger partial charge in [-0.15, -0.1) is 0 Å². The summed E-state index contributed by atoms with van der Waals surface area (Å²) in [7, 11) is 0. The van der Waals surface area contributed by atoms with Gasteiger partial charge in [-0.3, -0.25) is 0 Å². The van der Waals surface area contributed by atoms with Gasteiger partial charge in [-0.05, 0) is 0 Å². The van der Waals surface area contributed by atoms with Crippen molar-refractivity contribution in [1.29, 1.82) is 0 Å². The molecule has 0 aromatic heterocycles. The van der Waals surface area contributed by atoms with E-state index in [1.165, 1.54) is 0 Å². The predicted octanol–water partition coefficient (Wildman–Crippen LogP) is 5.87. The number of rotatable bonds is 2. The third-order valence-electron chi connectivity index (χ3n) is 1.71. The van der Waals surface area contributed by atoms with Crippen LogP contribution in [0, 0.1) is 12.1 Å². The van der Waals surface area contributed by atoms with Gasteiger partial charge in [0.25, 0.3) is 0 Å². The van der Waals surface area contributed by atoms with Crippen LogP contribution in [0.25, 0.3) is 11.5 Å². The third kappa shape index (κ3) is 36.7. The average Bonchev–Trinajstić information content (AvgIpc) is 2.59. The fourth-order valence-corrected chi connectivity index (χ4v) is 0.684. The van der Waals surface area contributed by atoms with E-state index in [4.69, 9.17) is 11.5 Å². The van der Waals surface area contributed by atoms with E-state index in [2.05, 4.69) is 12.1 Å². The van der Waals surface area contributed by atoms with E-state index in [1.54, 1.807) is 0 Å². The Kier molecular flexibility index (Phi) is 43.8. The fraction of sp³-hybridized carbons (Fsp3) is 0.333. The summed E-state index contributed by atoms with van der Waals surface area (Å²) in [5.74, 6) is 0. The van der Waals surface area contributed by atoms with Crippen LogP contribution >= 0.6 is 0 Å². The van der Waals surface area contributed by atoms with E-state index in [0.29, 0.717) is 13.1 Å². The van der Waals surface area contributed by atoms with Crippen LogP contribution in [0.5, 0.6) is 0 Å². The summed E-state index contributed by atoms with van der Waals surface area (Å²) in [5, 5.41) is 0. The second kappa shape index (κ2) is 32.5. The first-order valence-corrected chi connectivity index (χ1v) is 6.94. The molecule has 0 unspecified atom stereocenters. The molecule has 0 bridgehead atoms. The quantitative estimate of drug-likeness (QED) is 0.447. The maximum Gasteiger partial charge on any atom is 2.00 e. The minimum Gasteiger partial charge on any atom is -0.677 e. The predicted molar refractivity (Wildman–Crippen MR) is 89.5 cm³/mol. The molecule has 0 saturated heterocycles. The summed E-state index contributed by atoms with van der Waals surface area (Å²) in [6.45, 7) is 5.12. The molecule has 0 atom stereocenters. The summed E-state index contributed by atoms with van der Waals surface area (Å²) >= 11 is 0. The number of benzene rings is 2. The van der Waals surface area contributed by atoms with Crippen molar-refractivity contribution in [3.8, 4) is 0 Å². The largest absolute Gasteiger partial charge is 2.00 e. The molecule has 0 aliphatic heterocycles. The first-order chi connectivity index (χ1) is 9.83. The van der Waals surface area contributed by atoms with Gasteiger partial charge in [-0.25, -0.2) is 0 Å². The Morgan fingerprint density at radius 2 is 0.818 bits per heavy atom. The molecular formula is C18H26N2Zn2. The monoisotopic (exact) mass is 398 g/mol. The van der Waals surface area contributed by atoms with Crippen molar-refractivity contribution in [3.63, 3.8) is 0 Å². The zero-order valence-corrected chi connectivity index (χ0v) is 20.0. The summed E-state index contributed by atoms with van der Waals surface area (Å²) in [5.41, 5.74) is 12.9. The van der Waals surface area contributed by atoms with Crippen LogP contribution in [-0.4, -0.2) is 13.1 Å². The van der Waals surface area contributed by atoms with Crippen molar-refractivity contribution < 1.29 is 39.0 Å². The molecule has 2 N–H and O–H groups in total. The van der Waals surface area contributed by atoms with Gasteiger partial charge in [0.1, 0.15) is 0 Å². The van der Waals surface area contributed by atoms with Crippen LogP contribution in [0.2, 0.25) is 0 Å². The maximum absolute atomic E-state index is 6.45. The first kappa shape index (κ1) is 29.6. The fourth-order valence-electron chi connectivity index (χ4n) is 0.684. The summed E-state index contributed by atoms with van der Waals surface area (Å²) in [6.07, 6.45) is 1.97. The van der Waals surface area contributed by atoms with E-state index >= 15 is 0 Å². The van der Waals surface area contributed by atoms with E-state index < -0.39 is 0 Å². The Labute approximate surface area is 162 Å². The Morgan fingerprint density at radius 3 is 0.864 bits per heavy atom. The van der Waals surface area contributed by atoms with Crippen molar-refractivity contribution in [2.24, 2.45) is 0 Å². The van der Waals surface area contributed by atoms with E-state index in [9.17, 15) is 0 Å². The molecular weight excluding hydrogens is 375 g/mol. The molecule has 4 heteroatoms. The zero-order valence-electron chi connectivity index (χ0n) is 14.0. The normalized spacial score (nSPS) is 7.09. The Bertz CT molecular complexity index is 239. The second-order valence-corrected chi connectivity index (χ2v) is 3.65. The minimum absolute atomic E-state index is 0. The van der Waals surface area contributed by atoms with Crippen molar-refractivity contribution in [1.82, 2.24) is 0 Å². The Balaban J connectivity index is -0.0000000975. The molecule has 0 amide bonds. The van der Waals surface area contributed by atoms with Crippen molar-refractivity contribution in [2.45, 2.75) is 26.7 Å². The molecule has 0 aliphatic carbocycles. The van der Waals surface area contributed by atoms with Gasteiger partial charge in [-0.2, -0.15) is 85.9 Å². The molecule has 0 radical (unpaired) electrons. The molecule has 0 aliphatic rings. The van der Waals surface area contributed by atoms with Gasteiger partial charge in [0.15, 0.2) is 0 Å². The molecule has 0 heterocycles. The molecule has 0 fully saturated rings. The topological polar surface area (TPSA) is 47.6 Å². The molecule has 2 rings (SSSR count). The van der Waals surface area contributed by atoms with Crippen LogP contribution in [0.3, 0.4) is 0 Å². The van der Waals surface area contributed by atoms with Crippen molar-refractivity contribution >= 4 is 0 Å². The summed E-state index contributed by atoms with van der Waals surface area (Å²) < 4.78 is 0. The van der Waals surface area contributed by atoms with Crippen molar-refractivity contribution in [3.05, 3.63) is 84.3 Å². The maximum atomic E-state index is 6.45. The van der Waals surface area contributed by atoms with Gasteiger partial charge in [0, 0.05) is 0 Å². The molecule has 2 aromatic carbocycles. The molecule has 2 aromatic rings. The van der Waals surface area contributed by atoms with Crippen LogP contribution in [0.15, 0.2) is 60.7 Å². The second-order valence-electron chi connectivity index (χ2n) is 3.65. The number of nitrogens with one attached hydrogen (secondary N) is 2. The molecule has 2 nitrogen and oxygen atoms in total. The van der Waals surface area contributed by atoms with Gasteiger partial charge < -0.3 is 11.5 Å². The Morgan fingerprint density at radius 1 is 0.591 bits per heavy atom. The van der Waals surface area contributed by atoms with Crippen LogP contribution < -0.4 is 0 Å². The molecule has 0 spiro atoms. The van der Waals surface area contributed by atoms with Crippen LogP contribution in [0.1, 0.15) is 26.7 Å². The molecule has 0 saturated carbocycles. The average molecular weight is 401 g/mol. The van der Waals surface area contributed by atoms with Crippen molar-refractivity contribution in [2.75, 3.05) is 13.1 Å². The standard InChI is InChI=1S/2C6H5.2C3H8N.2Zn/c2*1-2-4-6-5-3-1;2*1-2-3-4;;/h2*1-5H;2*4H,2-3H2,1H3;;/q4*-1;2*+2. The number of hydrogen-bond acceptors (Lipinski definition) is 0. The van der Waals surface area contributed by atoms with Gasteiger partial charge in [0.05, 0.1) is 0 Å². The first-order valence-electron chi connectivity index (χ1n) is 6.94. The van der Waals surface area contributed by atoms with Crippen LogP contribution in [0.4, 0.5) is 0 Å². The summed E-state index contributed by atoms with van der Waals surface area (Å²) in [4.78, 5) is 0. The van der Waals surface area contributed by atoms with Gasteiger partial charge >= 0.3 is 39.0 Å². The van der Waals surface area contributed by atoms with E-state index in [1.807, 2.05) is 74.5 Å². The van der Waals surface area contributed by atoms with Gasteiger partial charge in [0.2, 0.25) is 0 Å². The van der Waals surface area contributed by atoms with E-state index in [0.717, 1.165) is 12.8 Å². The minimum atomic E-state index is 0. The summed E-state index contributed by atoms with van der Waals surface area (Å²) in [6, 6.07) is 25.0. The van der Waals surface area contributed by atoms with Crippen LogP contribution in [-0.2, 0) is 39.0 Å². The zero-order chi connectivity index (χ0) is 15.3.